The third kappa shape index (κ3) is 3.56. The van der Waals surface area contributed by atoms with E-state index in [0.29, 0.717) is 22.6 Å². The Kier molecular flexibility index (Phi) is 6.04. The molecule has 2 heterocycles. The van der Waals surface area contributed by atoms with E-state index in [1.807, 2.05) is 53.5 Å². The second-order valence-corrected chi connectivity index (χ2v) is 9.71. The zero-order chi connectivity index (χ0) is 25.4. The maximum Gasteiger partial charge on any atom is 0.185 e. The van der Waals surface area contributed by atoms with Crippen molar-refractivity contribution in [3.05, 3.63) is 94.0 Å². The molecule has 3 atom stereocenters. The van der Waals surface area contributed by atoms with Gasteiger partial charge in [-0.15, -0.1) is 0 Å². The van der Waals surface area contributed by atoms with Crippen LogP contribution >= 0.6 is 15.9 Å². The number of halogens is 1. The van der Waals surface area contributed by atoms with Gasteiger partial charge in [0.2, 0.25) is 0 Å². The molecule has 0 saturated carbocycles. The van der Waals surface area contributed by atoms with Crippen LogP contribution in [0.3, 0.4) is 0 Å². The first kappa shape index (κ1) is 23.7. The Hall–Kier alpha value is -4.07. The van der Waals surface area contributed by atoms with E-state index in [4.69, 9.17) is 9.47 Å². The van der Waals surface area contributed by atoms with Gasteiger partial charge in [-0.1, -0.05) is 40.2 Å². The summed E-state index contributed by atoms with van der Waals surface area (Å²) in [6, 6.07) is 23.3. The molecule has 0 N–H and O–H groups in total. The van der Waals surface area contributed by atoms with Gasteiger partial charge in [-0.3, -0.25) is 4.79 Å². The minimum Gasteiger partial charge on any atom is -0.497 e. The molecule has 2 aliphatic rings. The maximum atomic E-state index is 14.3. The van der Waals surface area contributed by atoms with Gasteiger partial charge in [-0.25, -0.2) is 0 Å². The molecule has 3 unspecified atom stereocenters. The average Bonchev–Trinajstić information content (AvgIpc) is 3.23. The fourth-order valence-electron chi connectivity index (χ4n) is 5.40. The number of ketones is 1. The Morgan fingerprint density at radius 3 is 2.36 bits per heavy atom. The van der Waals surface area contributed by atoms with E-state index in [0.717, 1.165) is 15.7 Å². The first-order valence-corrected chi connectivity index (χ1v) is 12.2. The lowest BCUT2D eigenvalue weighted by atomic mass is 9.69. The highest BCUT2D eigenvalue weighted by molar-refractivity contribution is 9.10. The number of hydrogen-bond donors (Lipinski definition) is 0. The molecule has 1 fully saturated rings. The van der Waals surface area contributed by atoms with E-state index in [9.17, 15) is 15.3 Å². The van der Waals surface area contributed by atoms with E-state index in [1.54, 1.807) is 44.6 Å². The van der Waals surface area contributed by atoms with Gasteiger partial charge >= 0.3 is 0 Å². The number of fused-ring (bicyclic) bond motifs is 3. The Balaban J connectivity index is 1.77. The summed E-state index contributed by atoms with van der Waals surface area (Å²) >= 11 is 3.52. The van der Waals surface area contributed by atoms with Crippen molar-refractivity contribution in [2.24, 2.45) is 5.41 Å². The van der Waals surface area contributed by atoms with Gasteiger partial charge in [0, 0.05) is 21.6 Å². The van der Waals surface area contributed by atoms with Gasteiger partial charge in [0.1, 0.15) is 17.5 Å². The Morgan fingerprint density at radius 2 is 1.69 bits per heavy atom. The molecule has 0 spiro atoms. The second kappa shape index (κ2) is 9.18. The third-order valence-electron chi connectivity index (χ3n) is 7.06. The predicted octanol–water partition coefficient (Wildman–Crippen LogP) is 5.75. The lowest BCUT2D eigenvalue weighted by molar-refractivity contribution is 0.0951. The Morgan fingerprint density at radius 1 is 0.972 bits per heavy atom. The van der Waals surface area contributed by atoms with Crippen LogP contribution in [-0.4, -0.2) is 32.1 Å². The summed E-state index contributed by atoms with van der Waals surface area (Å²) in [7, 11) is 3.14. The number of carbonyl (C=O) groups excluding carboxylic acids is 1. The molecule has 36 heavy (non-hydrogen) atoms. The van der Waals surface area contributed by atoms with Crippen LogP contribution in [0.1, 0.15) is 27.4 Å². The van der Waals surface area contributed by atoms with Crippen LogP contribution in [0.2, 0.25) is 0 Å². The smallest absolute Gasteiger partial charge is 0.185 e. The lowest BCUT2D eigenvalue weighted by Gasteiger charge is -2.35. The number of nitrogens with zero attached hydrogens (tertiary/aromatic N) is 3. The minimum absolute atomic E-state index is 0.174. The van der Waals surface area contributed by atoms with E-state index < -0.39 is 23.4 Å². The highest BCUT2D eigenvalue weighted by Crippen LogP contribution is 2.56. The van der Waals surface area contributed by atoms with Crippen LogP contribution in [0.25, 0.3) is 6.08 Å². The first-order valence-electron chi connectivity index (χ1n) is 11.4. The van der Waals surface area contributed by atoms with Crippen LogP contribution < -0.4 is 14.4 Å². The number of hydrogen-bond acceptors (Lipinski definition) is 6. The number of anilines is 1. The lowest BCUT2D eigenvalue weighted by Crippen LogP contribution is -2.44. The fourth-order valence-corrected chi connectivity index (χ4v) is 5.78. The van der Waals surface area contributed by atoms with Crippen molar-refractivity contribution in [1.82, 2.24) is 0 Å². The molecule has 2 aliphatic heterocycles. The molecule has 0 amide bonds. The predicted molar refractivity (Wildman–Crippen MR) is 140 cm³/mol. The van der Waals surface area contributed by atoms with Gasteiger partial charge in [0.15, 0.2) is 11.2 Å². The standard InChI is InChI=1S/C29H22BrN3O3/c1-35-22-10-6-18(7-11-22)28(34)27-26(20-4-3-5-23(15-20)36-2)29(16-31,17-32)25-13-8-19-14-21(30)9-12-24(19)33(25)27/h3-15,25-27H,1-2H3. The molecule has 1 saturated heterocycles. The highest BCUT2D eigenvalue weighted by atomic mass is 79.9. The van der Waals surface area contributed by atoms with Crippen molar-refractivity contribution in [2.45, 2.75) is 18.0 Å². The van der Waals surface area contributed by atoms with Crippen LogP contribution in [0.5, 0.6) is 11.5 Å². The molecule has 3 aromatic carbocycles. The van der Waals surface area contributed by atoms with Crippen molar-refractivity contribution >= 4 is 33.5 Å². The SMILES string of the molecule is COc1ccc(C(=O)C2C(c3cccc(OC)c3)C(C#N)(C#N)C3C=Cc4cc(Br)ccc4N23)cc1. The number of nitriles is 2. The van der Waals surface area contributed by atoms with Crippen molar-refractivity contribution in [2.75, 3.05) is 19.1 Å². The van der Waals surface area contributed by atoms with Crippen molar-refractivity contribution in [3.8, 4) is 23.6 Å². The van der Waals surface area contributed by atoms with Gasteiger partial charge in [-0.2, -0.15) is 10.5 Å². The average molecular weight is 540 g/mol. The quantitative estimate of drug-likeness (QED) is 0.383. The largest absolute Gasteiger partial charge is 0.497 e. The molecule has 0 aromatic heterocycles. The number of carbonyl (C=O) groups is 1. The fraction of sp³-hybridized carbons (Fsp3) is 0.207. The number of benzene rings is 3. The van der Waals surface area contributed by atoms with Gasteiger partial charge in [-0.05, 0) is 65.7 Å². The second-order valence-electron chi connectivity index (χ2n) is 8.80. The normalized spacial score (nSPS) is 21.0. The maximum absolute atomic E-state index is 14.3. The Bertz CT molecular complexity index is 1440. The van der Waals surface area contributed by atoms with Crippen LogP contribution in [0, 0.1) is 28.1 Å². The molecule has 5 rings (SSSR count). The number of ether oxygens (including phenoxy) is 2. The molecule has 3 aromatic rings. The van der Waals surface area contributed by atoms with Crippen molar-refractivity contribution in [3.63, 3.8) is 0 Å². The van der Waals surface area contributed by atoms with E-state index in [1.165, 1.54) is 0 Å². The topological polar surface area (TPSA) is 86.3 Å². The third-order valence-corrected chi connectivity index (χ3v) is 7.56. The molecule has 0 aliphatic carbocycles. The molecular weight excluding hydrogens is 518 g/mol. The van der Waals surface area contributed by atoms with Crippen molar-refractivity contribution in [1.29, 1.82) is 10.5 Å². The van der Waals surface area contributed by atoms with E-state index in [-0.39, 0.29) is 5.78 Å². The van der Waals surface area contributed by atoms with Crippen LogP contribution in [0.4, 0.5) is 5.69 Å². The molecule has 7 heteroatoms. The zero-order valence-corrected chi connectivity index (χ0v) is 21.3. The van der Waals surface area contributed by atoms with E-state index in [2.05, 4.69) is 28.1 Å². The molecule has 178 valence electrons. The summed E-state index contributed by atoms with van der Waals surface area (Å²) in [6.07, 6.45) is 3.79. The van der Waals surface area contributed by atoms with Crippen LogP contribution in [-0.2, 0) is 0 Å². The summed E-state index contributed by atoms with van der Waals surface area (Å²) in [5.41, 5.74) is 1.38. The number of Topliss-reactive ketones (excluding diaryl/α,β-unsaturated/α-hetero) is 1. The van der Waals surface area contributed by atoms with E-state index >= 15 is 0 Å². The van der Waals surface area contributed by atoms with Gasteiger partial charge in [0.05, 0.1) is 32.4 Å². The molecule has 6 nitrogen and oxygen atoms in total. The summed E-state index contributed by atoms with van der Waals surface area (Å²) in [4.78, 5) is 16.2. The molecule has 0 bridgehead atoms. The monoisotopic (exact) mass is 539 g/mol. The van der Waals surface area contributed by atoms with Crippen LogP contribution in [0.15, 0.2) is 77.3 Å². The minimum atomic E-state index is -1.51. The zero-order valence-electron chi connectivity index (χ0n) is 19.7. The molecular formula is C29H22BrN3O3. The summed E-state index contributed by atoms with van der Waals surface area (Å²) in [5, 5.41) is 21.1. The van der Waals surface area contributed by atoms with Crippen molar-refractivity contribution < 1.29 is 14.3 Å². The summed E-state index contributed by atoms with van der Waals surface area (Å²) in [5.74, 6) is 0.325. The highest BCUT2D eigenvalue weighted by Gasteiger charge is 2.63. The summed E-state index contributed by atoms with van der Waals surface area (Å²) < 4.78 is 11.6. The number of methoxy groups -OCH3 is 2. The Labute approximate surface area is 218 Å². The first-order chi connectivity index (χ1) is 17.5. The number of rotatable bonds is 5. The molecule has 0 radical (unpaired) electrons. The van der Waals surface area contributed by atoms with Gasteiger partial charge < -0.3 is 14.4 Å². The summed E-state index contributed by atoms with van der Waals surface area (Å²) in [6.45, 7) is 0. The van der Waals surface area contributed by atoms with Gasteiger partial charge in [0.25, 0.3) is 0 Å².